The van der Waals surface area contributed by atoms with E-state index in [1.54, 1.807) is 0 Å². The third kappa shape index (κ3) is 4.06. The molecule has 1 unspecified atom stereocenters. The first-order valence-corrected chi connectivity index (χ1v) is 6.84. The van der Waals surface area contributed by atoms with Crippen molar-refractivity contribution in [3.63, 3.8) is 0 Å². The first-order chi connectivity index (χ1) is 8.15. The van der Waals surface area contributed by atoms with Crippen LogP contribution in [0.2, 0.25) is 0 Å². The van der Waals surface area contributed by atoms with Gasteiger partial charge in [0.2, 0.25) is 0 Å². The summed E-state index contributed by atoms with van der Waals surface area (Å²) in [7, 11) is 0. The zero-order chi connectivity index (χ0) is 12.3. The highest BCUT2D eigenvalue weighted by Crippen LogP contribution is 2.34. The maximum atomic E-state index is 10.6. The smallest absolute Gasteiger partial charge is 0.320 e. The van der Waals surface area contributed by atoms with Gasteiger partial charge in [-0.25, -0.2) is 0 Å². The van der Waals surface area contributed by atoms with Crippen LogP contribution >= 0.6 is 11.8 Å². The summed E-state index contributed by atoms with van der Waals surface area (Å²) in [5.74, 6) is 1.17. The molecule has 2 rings (SSSR count). The lowest BCUT2D eigenvalue weighted by Gasteiger charge is -2.07. The van der Waals surface area contributed by atoms with Crippen molar-refractivity contribution in [2.45, 2.75) is 30.2 Å². The predicted molar refractivity (Wildman–Crippen MR) is 69.2 cm³/mol. The number of benzene rings is 1. The Morgan fingerprint density at radius 3 is 2.59 bits per heavy atom. The summed E-state index contributed by atoms with van der Waals surface area (Å²) in [6.45, 7) is 0. The second-order valence-corrected chi connectivity index (χ2v) is 5.64. The SMILES string of the molecule is NC(Cc1ccc(SCC2CC2)cc1)C(=O)O. The fraction of sp³-hybridized carbons (Fsp3) is 0.462. The van der Waals surface area contributed by atoms with Crippen molar-refractivity contribution in [3.8, 4) is 0 Å². The van der Waals surface area contributed by atoms with Gasteiger partial charge in [0, 0.05) is 10.6 Å². The number of carbonyl (C=O) groups is 1. The van der Waals surface area contributed by atoms with Crippen LogP contribution in [-0.2, 0) is 11.2 Å². The Morgan fingerprint density at radius 2 is 2.06 bits per heavy atom. The van der Waals surface area contributed by atoms with E-state index < -0.39 is 12.0 Å². The van der Waals surface area contributed by atoms with Gasteiger partial charge in [-0.05, 0) is 42.9 Å². The third-order valence-corrected chi connectivity index (χ3v) is 4.12. The van der Waals surface area contributed by atoms with Crippen molar-refractivity contribution < 1.29 is 9.90 Å². The fourth-order valence-electron chi connectivity index (χ4n) is 1.56. The van der Waals surface area contributed by atoms with Gasteiger partial charge in [0.05, 0.1) is 0 Å². The first-order valence-electron chi connectivity index (χ1n) is 5.85. The average molecular weight is 251 g/mol. The first kappa shape index (κ1) is 12.5. The molecule has 1 saturated carbocycles. The molecular formula is C13H17NO2S. The molecule has 3 N–H and O–H groups in total. The summed E-state index contributed by atoms with van der Waals surface area (Å²) < 4.78 is 0. The Bertz CT molecular complexity index is 387. The number of carboxylic acid groups (broad SMARTS) is 1. The molecule has 0 radical (unpaired) electrons. The summed E-state index contributed by atoms with van der Waals surface area (Å²) in [6, 6.07) is 7.24. The van der Waals surface area contributed by atoms with Crippen LogP contribution < -0.4 is 5.73 Å². The minimum Gasteiger partial charge on any atom is -0.480 e. The van der Waals surface area contributed by atoms with Gasteiger partial charge < -0.3 is 10.8 Å². The Labute approximate surface area is 105 Å². The van der Waals surface area contributed by atoms with Crippen LogP contribution in [0.4, 0.5) is 0 Å². The number of rotatable bonds is 6. The van der Waals surface area contributed by atoms with Crippen LogP contribution in [0.15, 0.2) is 29.2 Å². The maximum Gasteiger partial charge on any atom is 0.320 e. The maximum absolute atomic E-state index is 10.6. The molecule has 0 bridgehead atoms. The molecule has 0 spiro atoms. The minimum absolute atomic E-state index is 0.392. The largest absolute Gasteiger partial charge is 0.480 e. The molecule has 1 aromatic rings. The van der Waals surface area contributed by atoms with Crippen LogP contribution in [-0.4, -0.2) is 22.9 Å². The topological polar surface area (TPSA) is 63.3 Å². The van der Waals surface area contributed by atoms with Crippen molar-refractivity contribution in [3.05, 3.63) is 29.8 Å². The van der Waals surface area contributed by atoms with Gasteiger partial charge in [0.25, 0.3) is 0 Å². The quantitative estimate of drug-likeness (QED) is 0.760. The monoisotopic (exact) mass is 251 g/mol. The van der Waals surface area contributed by atoms with E-state index in [0.29, 0.717) is 6.42 Å². The highest BCUT2D eigenvalue weighted by Gasteiger charge is 2.21. The highest BCUT2D eigenvalue weighted by molar-refractivity contribution is 7.99. The number of carboxylic acids is 1. The molecule has 3 nitrogen and oxygen atoms in total. The average Bonchev–Trinajstić information content (AvgIpc) is 3.12. The molecule has 4 heteroatoms. The van der Waals surface area contributed by atoms with Gasteiger partial charge in [-0.3, -0.25) is 4.79 Å². The molecular weight excluding hydrogens is 234 g/mol. The van der Waals surface area contributed by atoms with Crippen molar-refractivity contribution >= 4 is 17.7 Å². The van der Waals surface area contributed by atoms with E-state index in [4.69, 9.17) is 10.8 Å². The molecule has 1 fully saturated rings. The summed E-state index contributed by atoms with van der Waals surface area (Å²) in [5.41, 5.74) is 6.47. The van der Waals surface area contributed by atoms with Gasteiger partial charge in [-0.1, -0.05) is 12.1 Å². The van der Waals surface area contributed by atoms with Gasteiger partial charge in [0.15, 0.2) is 0 Å². The Hall–Kier alpha value is -1.00. The third-order valence-electron chi connectivity index (χ3n) is 2.88. The van der Waals surface area contributed by atoms with Crippen LogP contribution in [0.1, 0.15) is 18.4 Å². The number of hydrogen-bond acceptors (Lipinski definition) is 3. The minimum atomic E-state index is -0.947. The molecule has 0 saturated heterocycles. The lowest BCUT2D eigenvalue weighted by atomic mass is 10.1. The van der Waals surface area contributed by atoms with E-state index in [9.17, 15) is 4.79 Å². The van der Waals surface area contributed by atoms with Gasteiger partial charge in [-0.2, -0.15) is 0 Å². The molecule has 0 amide bonds. The van der Waals surface area contributed by atoms with Gasteiger partial charge in [0.1, 0.15) is 6.04 Å². The number of hydrogen-bond donors (Lipinski definition) is 2. The van der Waals surface area contributed by atoms with E-state index >= 15 is 0 Å². The molecule has 0 aliphatic heterocycles. The lowest BCUT2D eigenvalue weighted by molar-refractivity contribution is -0.138. The number of aliphatic carboxylic acids is 1. The number of thioether (sulfide) groups is 1. The molecule has 1 aliphatic rings. The van der Waals surface area contributed by atoms with Crippen LogP contribution in [0.25, 0.3) is 0 Å². The summed E-state index contributed by atoms with van der Waals surface area (Å²) in [4.78, 5) is 11.9. The lowest BCUT2D eigenvalue weighted by Crippen LogP contribution is -2.32. The molecule has 1 atom stereocenters. The van der Waals surface area contributed by atoms with E-state index in [-0.39, 0.29) is 0 Å². The summed E-state index contributed by atoms with van der Waals surface area (Å²) in [6.07, 6.45) is 3.14. The second kappa shape index (κ2) is 5.56. The Kier molecular flexibility index (Phi) is 4.07. The van der Waals surface area contributed by atoms with E-state index in [1.165, 1.54) is 23.5 Å². The van der Waals surface area contributed by atoms with Crippen LogP contribution in [0.5, 0.6) is 0 Å². The second-order valence-electron chi connectivity index (χ2n) is 4.55. The standard InChI is InChI=1S/C13H17NO2S/c14-12(13(15)16)7-9-3-5-11(6-4-9)17-8-10-1-2-10/h3-6,10,12H,1-2,7-8,14H2,(H,15,16). The van der Waals surface area contributed by atoms with Crippen molar-refractivity contribution in [2.24, 2.45) is 11.7 Å². The number of nitrogens with two attached hydrogens (primary N) is 1. The van der Waals surface area contributed by atoms with Crippen LogP contribution in [0.3, 0.4) is 0 Å². The molecule has 17 heavy (non-hydrogen) atoms. The summed E-state index contributed by atoms with van der Waals surface area (Å²) in [5, 5.41) is 8.72. The molecule has 0 aromatic heterocycles. The van der Waals surface area contributed by atoms with E-state index in [2.05, 4.69) is 12.1 Å². The van der Waals surface area contributed by atoms with Crippen molar-refractivity contribution in [1.29, 1.82) is 0 Å². The highest BCUT2D eigenvalue weighted by atomic mass is 32.2. The van der Waals surface area contributed by atoms with Crippen molar-refractivity contribution in [2.75, 3.05) is 5.75 Å². The van der Waals surface area contributed by atoms with Crippen LogP contribution in [0, 0.1) is 5.92 Å². The molecule has 1 aromatic carbocycles. The zero-order valence-corrected chi connectivity index (χ0v) is 10.5. The van der Waals surface area contributed by atoms with Gasteiger partial charge >= 0.3 is 5.97 Å². The fourth-order valence-corrected chi connectivity index (χ4v) is 2.65. The molecule has 1 aliphatic carbocycles. The Balaban J connectivity index is 1.85. The van der Waals surface area contributed by atoms with Crippen molar-refractivity contribution in [1.82, 2.24) is 0 Å². The molecule has 0 heterocycles. The predicted octanol–water partition coefficient (Wildman–Crippen LogP) is 2.14. The molecule has 92 valence electrons. The van der Waals surface area contributed by atoms with Gasteiger partial charge in [-0.15, -0.1) is 11.8 Å². The Morgan fingerprint density at radius 1 is 1.41 bits per heavy atom. The summed E-state index contributed by atoms with van der Waals surface area (Å²) >= 11 is 1.88. The zero-order valence-electron chi connectivity index (χ0n) is 9.63. The normalized spacial score (nSPS) is 16.8. The van der Waals surface area contributed by atoms with E-state index in [0.717, 1.165) is 11.5 Å². The van der Waals surface area contributed by atoms with E-state index in [1.807, 2.05) is 23.9 Å².